The first-order valence-corrected chi connectivity index (χ1v) is 6.72. The molecule has 1 rings (SSSR count). The Morgan fingerprint density at radius 1 is 1.32 bits per heavy atom. The minimum Gasteiger partial charge on any atom is -0.340 e. The summed E-state index contributed by atoms with van der Waals surface area (Å²) in [6, 6.07) is 4.84. The van der Waals surface area contributed by atoms with Crippen molar-refractivity contribution in [2.75, 3.05) is 7.05 Å². The number of alkyl halides is 4. The number of hydrogen-bond acceptors (Lipinski definition) is 1. The van der Waals surface area contributed by atoms with Gasteiger partial charge >= 0.3 is 6.18 Å². The van der Waals surface area contributed by atoms with E-state index < -0.39 is 11.7 Å². The maximum atomic E-state index is 12.4. The summed E-state index contributed by atoms with van der Waals surface area (Å²) in [6.07, 6.45) is -3.67. The number of benzene rings is 1. The lowest BCUT2D eigenvalue weighted by atomic mass is 10.1. The molecule has 106 valence electrons. The molecule has 0 aromatic heterocycles. The van der Waals surface area contributed by atoms with Crippen LogP contribution in [0.5, 0.6) is 0 Å². The van der Waals surface area contributed by atoms with Crippen LogP contribution in [0.25, 0.3) is 0 Å². The van der Waals surface area contributed by atoms with Gasteiger partial charge in [0.05, 0.1) is 10.4 Å². The molecule has 19 heavy (non-hydrogen) atoms. The van der Waals surface area contributed by atoms with Gasteiger partial charge in [-0.05, 0) is 24.1 Å². The van der Waals surface area contributed by atoms with Gasteiger partial charge < -0.3 is 4.90 Å². The van der Waals surface area contributed by atoms with Crippen LogP contribution in [0.15, 0.2) is 24.3 Å². The van der Waals surface area contributed by atoms with Gasteiger partial charge in [0.25, 0.3) is 0 Å². The number of nitrogens with zero attached hydrogens (tertiary/aromatic N) is 1. The molecular weight excluding hydrogens is 323 g/mol. The summed E-state index contributed by atoms with van der Waals surface area (Å²) in [6.45, 7) is 2.17. The first-order chi connectivity index (χ1) is 8.75. The zero-order chi connectivity index (χ0) is 14.6. The van der Waals surface area contributed by atoms with Gasteiger partial charge in [0.15, 0.2) is 0 Å². The molecule has 1 amide bonds. The average Bonchev–Trinajstić information content (AvgIpc) is 2.36. The summed E-state index contributed by atoms with van der Waals surface area (Å²) in [5.41, 5.74) is -0.0168. The quantitative estimate of drug-likeness (QED) is 0.764. The Balaban J connectivity index is 2.71. The van der Waals surface area contributed by atoms with Gasteiger partial charge in [-0.25, -0.2) is 0 Å². The van der Waals surface area contributed by atoms with E-state index >= 15 is 0 Å². The highest BCUT2D eigenvalue weighted by molar-refractivity contribution is 9.10. The number of amides is 1. The molecule has 0 heterocycles. The van der Waals surface area contributed by atoms with E-state index in [9.17, 15) is 18.0 Å². The summed E-state index contributed by atoms with van der Waals surface area (Å²) in [7, 11) is 1.63. The normalized spacial score (nSPS) is 13.2. The van der Waals surface area contributed by atoms with Crippen molar-refractivity contribution in [3.63, 3.8) is 0 Å². The molecule has 1 aromatic rings. The molecule has 1 atom stereocenters. The second-order valence-corrected chi connectivity index (χ2v) is 5.37. The van der Waals surface area contributed by atoms with Gasteiger partial charge in [-0.15, -0.1) is 0 Å². The molecule has 1 aromatic carbocycles. The fraction of sp³-hybridized carbons (Fsp3) is 0.462. The van der Waals surface area contributed by atoms with E-state index in [1.54, 1.807) is 7.05 Å². The zero-order valence-electron chi connectivity index (χ0n) is 10.7. The maximum Gasteiger partial charge on any atom is 0.416 e. The number of hydrogen-bond donors (Lipinski definition) is 0. The van der Waals surface area contributed by atoms with E-state index in [0.29, 0.717) is 18.5 Å². The third kappa shape index (κ3) is 4.53. The third-order valence-corrected chi connectivity index (χ3v) is 3.74. The first kappa shape index (κ1) is 16.0. The molecule has 0 N–H and O–H groups in total. The molecule has 0 spiro atoms. The predicted molar refractivity (Wildman–Crippen MR) is 70.9 cm³/mol. The summed E-state index contributed by atoms with van der Waals surface area (Å²) >= 11 is 3.25. The van der Waals surface area contributed by atoms with Crippen LogP contribution in [-0.2, 0) is 17.5 Å². The second-order valence-electron chi connectivity index (χ2n) is 4.26. The topological polar surface area (TPSA) is 20.3 Å². The van der Waals surface area contributed by atoms with Gasteiger partial charge in [0.1, 0.15) is 0 Å². The van der Waals surface area contributed by atoms with Crippen LogP contribution < -0.4 is 0 Å². The minimum atomic E-state index is -4.33. The van der Waals surface area contributed by atoms with Crippen LogP contribution in [0.4, 0.5) is 13.2 Å². The highest BCUT2D eigenvalue weighted by atomic mass is 79.9. The summed E-state index contributed by atoms with van der Waals surface area (Å²) in [4.78, 5) is 13.0. The van der Waals surface area contributed by atoms with Gasteiger partial charge in [-0.3, -0.25) is 4.79 Å². The van der Waals surface area contributed by atoms with E-state index in [1.807, 2.05) is 6.92 Å². The lowest BCUT2D eigenvalue weighted by Crippen LogP contribution is -2.32. The van der Waals surface area contributed by atoms with Crippen molar-refractivity contribution in [3.05, 3.63) is 35.4 Å². The number of carbonyl (C=O) groups is 1. The molecule has 0 aliphatic rings. The Morgan fingerprint density at radius 2 is 1.84 bits per heavy atom. The number of rotatable bonds is 4. The smallest absolute Gasteiger partial charge is 0.340 e. The Bertz CT molecular complexity index is 431. The van der Waals surface area contributed by atoms with Crippen molar-refractivity contribution in [3.8, 4) is 0 Å². The molecule has 0 radical (unpaired) electrons. The standard InChI is InChI=1S/C13H15BrF3NO/c1-3-11(14)12(19)18(2)8-9-4-6-10(7-5-9)13(15,16)17/h4-7,11H,3,8H2,1-2H3. The molecule has 0 bridgehead atoms. The Kier molecular flexibility index (Phi) is 5.40. The van der Waals surface area contributed by atoms with Gasteiger partial charge in [0, 0.05) is 13.6 Å². The van der Waals surface area contributed by atoms with Crippen molar-refractivity contribution < 1.29 is 18.0 Å². The van der Waals surface area contributed by atoms with Crippen molar-refractivity contribution >= 4 is 21.8 Å². The van der Waals surface area contributed by atoms with Crippen LogP contribution in [0.2, 0.25) is 0 Å². The molecule has 0 saturated heterocycles. The molecule has 6 heteroatoms. The minimum absolute atomic E-state index is 0.0811. The Labute approximate surface area is 118 Å². The maximum absolute atomic E-state index is 12.4. The largest absolute Gasteiger partial charge is 0.416 e. The lowest BCUT2D eigenvalue weighted by Gasteiger charge is -2.20. The third-order valence-electron chi connectivity index (χ3n) is 2.70. The van der Waals surface area contributed by atoms with Crippen molar-refractivity contribution in [1.29, 1.82) is 0 Å². The van der Waals surface area contributed by atoms with Gasteiger partial charge in [-0.1, -0.05) is 35.0 Å². The molecule has 0 aliphatic carbocycles. The highest BCUT2D eigenvalue weighted by Gasteiger charge is 2.30. The fourth-order valence-electron chi connectivity index (χ4n) is 1.56. The highest BCUT2D eigenvalue weighted by Crippen LogP contribution is 2.29. The van der Waals surface area contributed by atoms with Crippen LogP contribution in [0.1, 0.15) is 24.5 Å². The van der Waals surface area contributed by atoms with Crippen molar-refractivity contribution in [2.45, 2.75) is 30.9 Å². The lowest BCUT2D eigenvalue weighted by molar-refractivity contribution is -0.137. The van der Waals surface area contributed by atoms with Crippen LogP contribution in [0.3, 0.4) is 0 Å². The van der Waals surface area contributed by atoms with Crippen LogP contribution in [-0.4, -0.2) is 22.7 Å². The van der Waals surface area contributed by atoms with Crippen molar-refractivity contribution in [1.82, 2.24) is 4.90 Å². The van der Waals surface area contributed by atoms with E-state index in [2.05, 4.69) is 15.9 Å². The molecule has 2 nitrogen and oxygen atoms in total. The average molecular weight is 338 g/mol. The zero-order valence-corrected chi connectivity index (χ0v) is 12.3. The summed E-state index contributed by atoms with van der Waals surface area (Å²) < 4.78 is 37.2. The Hall–Kier alpha value is -1.04. The Morgan fingerprint density at radius 3 is 2.26 bits per heavy atom. The number of halogens is 4. The molecule has 0 saturated carbocycles. The first-order valence-electron chi connectivity index (χ1n) is 5.81. The van der Waals surface area contributed by atoms with E-state index in [1.165, 1.54) is 17.0 Å². The summed E-state index contributed by atoms with van der Waals surface area (Å²) in [5.74, 6) is -0.0811. The molecule has 0 aliphatic heterocycles. The van der Waals surface area contributed by atoms with Gasteiger partial charge in [0.2, 0.25) is 5.91 Å². The van der Waals surface area contributed by atoms with Gasteiger partial charge in [-0.2, -0.15) is 13.2 Å². The van der Waals surface area contributed by atoms with Crippen LogP contribution >= 0.6 is 15.9 Å². The molecule has 0 fully saturated rings. The van der Waals surface area contributed by atoms with E-state index in [-0.39, 0.29) is 10.7 Å². The van der Waals surface area contributed by atoms with E-state index in [0.717, 1.165) is 12.1 Å². The fourth-order valence-corrected chi connectivity index (χ4v) is 1.91. The number of carbonyl (C=O) groups excluding carboxylic acids is 1. The predicted octanol–water partition coefficient (Wildman–Crippen LogP) is 3.84. The molecular formula is C13H15BrF3NO. The SMILES string of the molecule is CCC(Br)C(=O)N(C)Cc1ccc(C(F)(F)F)cc1. The van der Waals surface area contributed by atoms with E-state index in [4.69, 9.17) is 0 Å². The van der Waals surface area contributed by atoms with Crippen molar-refractivity contribution in [2.24, 2.45) is 0 Å². The summed E-state index contributed by atoms with van der Waals surface area (Å²) in [5, 5.41) is 0. The second kappa shape index (κ2) is 6.41. The van der Waals surface area contributed by atoms with Crippen LogP contribution in [0, 0.1) is 0 Å². The monoisotopic (exact) mass is 337 g/mol. The molecule has 1 unspecified atom stereocenters.